The molecule has 5 aromatic rings. The number of halogens is 1. The van der Waals surface area contributed by atoms with E-state index in [9.17, 15) is 9.59 Å². The SMILES string of the molecule is CI.CN(C)CCCn1c2ccccc2c2c3c(c4c5ccccc5n(C)c4c21)C(=O)NC3=O. The lowest BCUT2D eigenvalue weighted by Crippen LogP contribution is -2.20. The number of aryl methyl sites for hydroxylation is 2. The number of amides is 2. The van der Waals surface area contributed by atoms with E-state index in [-0.39, 0.29) is 11.8 Å². The molecule has 0 saturated carbocycles. The molecule has 174 valence electrons. The molecule has 0 fully saturated rings. The molecule has 34 heavy (non-hydrogen) atoms. The number of hydrogen-bond acceptors (Lipinski definition) is 3. The van der Waals surface area contributed by atoms with Crippen LogP contribution in [0.15, 0.2) is 48.5 Å². The third-order valence-corrected chi connectivity index (χ3v) is 6.72. The van der Waals surface area contributed by atoms with E-state index in [1.54, 1.807) is 0 Å². The molecule has 0 saturated heterocycles. The molecule has 1 N–H and O–H groups in total. The Labute approximate surface area is 211 Å². The molecule has 0 spiro atoms. The first-order valence-electron chi connectivity index (χ1n) is 11.3. The van der Waals surface area contributed by atoms with Crippen LogP contribution in [0.1, 0.15) is 27.1 Å². The predicted molar refractivity (Wildman–Crippen MR) is 148 cm³/mol. The van der Waals surface area contributed by atoms with Gasteiger partial charge in [-0.15, -0.1) is 0 Å². The van der Waals surface area contributed by atoms with Crippen molar-refractivity contribution in [1.29, 1.82) is 0 Å². The maximum absolute atomic E-state index is 13.1. The summed E-state index contributed by atoms with van der Waals surface area (Å²) < 4.78 is 4.51. The van der Waals surface area contributed by atoms with E-state index in [0.717, 1.165) is 63.1 Å². The fraction of sp³-hybridized carbons (Fsp3) is 0.259. The lowest BCUT2D eigenvalue weighted by Gasteiger charge is -2.13. The number of fused-ring (bicyclic) bond motifs is 10. The molecular weight excluding hydrogens is 539 g/mol. The first-order chi connectivity index (χ1) is 16.5. The lowest BCUT2D eigenvalue weighted by atomic mass is 9.96. The number of benzene rings is 3. The summed E-state index contributed by atoms with van der Waals surface area (Å²) in [5.41, 5.74) is 5.19. The van der Waals surface area contributed by atoms with E-state index in [1.807, 2.05) is 42.3 Å². The monoisotopic (exact) mass is 566 g/mol. The van der Waals surface area contributed by atoms with Gasteiger partial charge in [-0.3, -0.25) is 14.9 Å². The number of carbonyl (C=O) groups is 2. The van der Waals surface area contributed by atoms with Gasteiger partial charge in [-0.25, -0.2) is 0 Å². The van der Waals surface area contributed by atoms with Crippen molar-refractivity contribution in [3.8, 4) is 0 Å². The summed E-state index contributed by atoms with van der Waals surface area (Å²) >= 11 is 2.15. The lowest BCUT2D eigenvalue weighted by molar-refractivity contribution is 0.0880. The highest BCUT2D eigenvalue weighted by atomic mass is 127. The highest BCUT2D eigenvalue weighted by molar-refractivity contribution is 14.1. The zero-order valence-electron chi connectivity index (χ0n) is 19.8. The summed E-state index contributed by atoms with van der Waals surface area (Å²) in [7, 11) is 6.21. The number of imide groups is 1. The molecule has 0 bridgehead atoms. The Morgan fingerprint density at radius 2 is 1.35 bits per heavy atom. The summed E-state index contributed by atoms with van der Waals surface area (Å²) in [6.07, 6.45) is 0.981. The Kier molecular flexibility index (Phi) is 5.85. The number of carbonyl (C=O) groups excluding carboxylic acids is 2. The van der Waals surface area contributed by atoms with Gasteiger partial charge in [0.25, 0.3) is 11.8 Å². The second kappa shape index (κ2) is 8.70. The van der Waals surface area contributed by atoms with Crippen molar-refractivity contribution < 1.29 is 9.59 Å². The largest absolute Gasteiger partial charge is 0.342 e. The number of alkyl halides is 1. The molecule has 0 aliphatic carbocycles. The summed E-state index contributed by atoms with van der Waals surface area (Å²) in [4.78, 5) is 30.3. The zero-order valence-corrected chi connectivity index (χ0v) is 21.9. The van der Waals surface area contributed by atoms with Crippen LogP contribution in [0.2, 0.25) is 0 Å². The van der Waals surface area contributed by atoms with Crippen molar-refractivity contribution in [2.45, 2.75) is 13.0 Å². The van der Waals surface area contributed by atoms with E-state index in [2.05, 4.69) is 74.2 Å². The fourth-order valence-electron chi connectivity index (χ4n) is 5.44. The van der Waals surface area contributed by atoms with Gasteiger partial charge in [-0.2, -0.15) is 0 Å². The average Bonchev–Trinajstić information content (AvgIpc) is 3.43. The summed E-state index contributed by atoms with van der Waals surface area (Å²) in [6.45, 7) is 1.79. The van der Waals surface area contributed by atoms with Crippen LogP contribution in [0.3, 0.4) is 0 Å². The van der Waals surface area contributed by atoms with E-state index in [4.69, 9.17) is 0 Å². The molecule has 1 aliphatic heterocycles. The quantitative estimate of drug-likeness (QED) is 0.182. The third kappa shape index (κ3) is 3.17. The van der Waals surface area contributed by atoms with Crippen LogP contribution < -0.4 is 5.32 Å². The normalized spacial score (nSPS) is 13.2. The highest BCUT2D eigenvalue weighted by Gasteiger charge is 2.36. The highest BCUT2D eigenvalue weighted by Crippen LogP contribution is 2.44. The molecule has 6 rings (SSSR count). The van der Waals surface area contributed by atoms with Crippen LogP contribution in [-0.2, 0) is 13.6 Å². The third-order valence-electron chi connectivity index (χ3n) is 6.72. The Balaban J connectivity index is 0.00000117. The zero-order chi connectivity index (χ0) is 24.1. The minimum absolute atomic E-state index is 0.305. The van der Waals surface area contributed by atoms with Crippen molar-refractivity contribution in [2.75, 3.05) is 25.6 Å². The summed E-state index contributed by atoms with van der Waals surface area (Å²) in [6, 6.07) is 16.3. The summed E-state index contributed by atoms with van der Waals surface area (Å²) in [5, 5.41) is 6.33. The molecular formula is C27H27IN4O2. The van der Waals surface area contributed by atoms with Gasteiger partial charge in [-0.1, -0.05) is 59.0 Å². The number of aromatic nitrogens is 2. The summed E-state index contributed by atoms with van der Waals surface area (Å²) in [5.74, 6) is -0.612. The van der Waals surface area contributed by atoms with Gasteiger partial charge in [-0.05, 0) is 44.1 Å². The molecule has 2 amide bonds. The van der Waals surface area contributed by atoms with Gasteiger partial charge in [0, 0.05) is 46.2 Å². The van der Waals surface area contributed by atoms with Gasteiger partial charge in [0.15, 0.2) is 0 Å². The maximum atomic E-state index is 13.1. The number of nitrogens with one attached hydrogen (secondary N) is 1. The smallest absolute Gasteiger partial charge is 0.259 e. The Morgan fingerprint density at radius 1 is 0.824 bits per heavy atom. The number of rotatable bonds is 4. The van der Waals surface area contributed by atoms with E-state index in [1.165, 1.54) is 0 Å². The molecule has 6 nitrogen and oxygen atoms in total. The Bertz CT molecular complexity index is 1610. The fourth-order valence-corrected chi connectivity index (χ4v) is 5.44. The van der Waals surface area contributed by atoms with E-state index < -0.39 is 0 Å². The topological polar surface area (TPSA) is 59.3 Å². The minimum Gasteiger partial charge on any atom is -0.342 e. The van der Waals surface area contributed by atoms with Gasteiger partial charge < -0.3 is 14.0 Å². The molecule has 0 atom stereocenters. The van der Waals surface area contributed by atoms with Crippen LogP contribution in [0.4, 0.5) is 0 Å². The number of para-hydroxylation sites is 2. The van der Waals surface area contributed by atoms with Gasteiger partial charge in [0.05, 0.1) is 22.2 Å². The molecule has 3 heterocycles. The van der Waals surface area contributed by atoms with Crippen molar-refractivity contribution in [1.82, 2.24) is 19.4 Å². The van der Waals surface area contributed by atoms with Gasteiger partial charge in [0.1, 0.15) is 0 Å². The van der Waals surface area contributed by atoms with Gasteiger partial charge in [0.2, 0.25) is 0 Å². The second-order valence-corrected chi connectivity index (χ2v) is 8.88. The van der Waals surface area contributed by atoms with Gasteiger partial charge >= 0.3 is 0 Å². The van der Waals surface area contributed by atoms with Crippen molar-refractivity contribution in [3.05, 3.63) is 59.7 Å². The molecule has 0 radical (unpaired) electrons. The minimum atomic E-state index is -0.308. The maximum Gasteiger partial charge on any atom is 0.259 e. The molecule has 1 aliphatic rings. The van der Waals surface area contributed by atoms with Crippen LogP contribution in [-0.4, -0.2) is 51.4 Å². The van der Waals surface area contributed by atoms with Crippen LogP contribution in [0, 0.1) is 0 Å². The van der Waals surface area contributed by atoms with Crippen molar-refractivity contribution >= 4 is 78.0 Å². The Hall–Kier alpha value is -2.91. The molecule has 3 aromatic carbocycles. The van der Waals surface area contributed by atoms with E-state index >= 15 is 0 Å². The number of nitrogens with zero attached hydrogens (tertiary/aromatic N) is 3. The first-order valence-corrected chi connectivity index (χ1v) is 13.5. The molecule has 2 aromatic heterocycles. The van der Waals surface area contributed by atoms with Crippen molar-refractivity contribution in [2.24, 2.45) is 7.05 Å². The standard InChI is InChI=1S/C26H24N4O2.CH3I/c1-28(2)13-8-14-30-18-12-7-5-10-16(18)20-22-21(25(31)27-26(22)32)19-15-9-4-6-11-17(15)29(3)23(19)24(20)30;1-2/h4-7,9-12H,8,13-14H2,1-3H3,(H,27,31,32);1H3. The predicted octanol–water partition coefficient (Wildman–Crippen LogP) is 5.33. The van der Waals surface area contributed by atoms with Crippen LogP contribution in [0.25, 0.3) is 43.6 Å². The average molecular weight is 566 g/mol. The molecule has 0 unspecified atom stereocenters. The second-order valence-electron chi connectivity index (χ2n) is 8.88. The Morgan fingerprint density at radius 3 is 1.97 bits per heavy atom. The molecule has 7 heteroatoms. The number of hydrogen-bond donors (Lipinski definition) is 1. The first kappa shape index (κ1) is 22.9. The van der Waals surface area contributed by atoms with Crippen LogP contribution in [0.5, 0.6) is 0 Å². The van der Waals surface area contributed by atoms with E-state index in [0.29, 0.717) is 11.1 Å². The van der Waals surface area contributed by atoms with Crippen LogP contribution >= 0.6 is 22.6 Å². The van der Waals surface area contributed by atoms with Crippen molar-refractivity contribution in [3.63, 3.8) is 0 Å².